The molecule has 1 atom stereocenters. The molecule has 1 aliphatic heterocycles. The molecule has 1 unspecified atom stereocenters. The molecular formula is C9H21N3O. The van der Waals surface area contributed by atoms with Crippen LogP contribution in [0.2, 0.25) is 0 Å². The van der Waals surface area contributed by atoms with Gasteiger partial charge in [0.05, 0.1) is 13.2 Å². The van der Waals surface area contributed by atoms with Crippen molar-refractivity contribution in [1.29, 1.82) is 0 Å². The van der Waals surface area contributed by atoms with Gasteiger partial charge in [0.2, 0.25) is 0 Å². The summed E-state index contributed by atoms with van der Waals surface area (Å²) in [7, 11) is 0. The molecule has 0 aromatic rings. The fourth-order valence-electron chi connectivity index (χ4n) is 1.38. The molecule has 0 radical (unpaired) electrons. The standard InChI is InChI=1S/C9H21N3O/c1-9(8-10)11-2-3-12-4-6-13-7-5-12/h9,11H,2-8,10H2,1H3. The van der Waals surface area contributed by atoms with E-state index in [1.807, 2.05) is 0 Å². The predicted octanol–water partition coefficient (Wildman–Crippen LogP) is -0.745. The van der Waals surface area contributed by atoms with Gasteiger partial charge in [-0.05, 0) is 6.92 Å². The smallest absolute Gasteiger partial charge is 0.0594 e. The number of ether oxygens (including phenoxy) is 1. The maximum atomic E-state index is 5.50. The quantitative estimate of drug-likeness (QED) is 0.595. The highest BCUT2D eigenvalue weighted by Crippen LogP contribution is 1.94. The zero-order chi connectivity index (χ0) is 9.52. The van der Waals surface area contributed by atoms with Crippen LogP contribution in [0, 0.1) is 0 Å². The molecule has 0 bridgehead atoms. The van der Waals surface area contributed by atoms with Gasteiger partial charge in [-0.3, -0.25) is 4.90 Å². The van der Waals surface area contributed by atoms with E-state index in [1.165, 1.54) is 0 Å². The second-order valence-electron chi connectivity index (χ2n) is 3.54. The molecule has 1 aliphatic rings. The summed E-state index contributed by atoms with van der Waals surface area (Å²) in [5.74, 6) is 0. The maximum Gasteiger partial charge on any atom is 0.0594 e. The third-order valence-corrected chi connectivity index (χ3v) is 2.38. The summed E-state index contributed by atoms with van der Waals surface area (Å²) in [6.45, 7) is 8.85. The van der Waals surface area contributed by atoms with Crippen molar-refractivity contribution >= 4 is 0 Å². The lowest BCUT2D eigenvalue weighted by Gasteiger charge is -2.27. The summed E-state index contributed by atoms with van der Waals surface area (Å²) in [6, 6.07) is 0.432. The highest BCUT2D eigenvalue weighted by atomic mass is 16.5. The molecular weight excluding hydrogens is 166 g/mol. The first kappa shape index (κ1) is 10.9. The van der Waals surface area contributed by atoms with Crippen molar-refractivity contribution in [3.05, 3.63) is 0 Å². The zero-order valence-corrected chi connectivity index (χ0v) is 8.46. The molecule has 0 aliphatic carbocycles. The maximum absolute atomic E-state index is 5.50. The number of rotatable bonds is 5. The Morgan fingerprint density at radius 1 is 1.46 bits per heavy atom. The van der Waals surface area contributed by atoms with Crippen LogP contribution in [0.25, 0.3) is 0 Å². The van der Waals surface area contributed by atoms with Crippen LogP contribution >= 0.6 is 0 Å². The van der Waals surface area contributed by atoms with Gasteiger partial charge in [-0.2, -0.15) is 0 Å². The minimum absolute atomic E-state index is 0.432. The van der Waals surface area contributed by atoms with Gasteiger partial charge in [0.15, 0.2) is 0 Å². The van der Waals surface area contributed by atoms with Gasteiger partial charge < -0.3 is 15.8 Å². The number of hydrogen-bond donors (Lipinski definition) is 2. The first-order valence-corrected chi connectivity index (χ1v) is 5.06. The molecule has 0 spiro atoms. The van der Waals surface area contributed by atoms with Crippen molar-refractivity contribution in [2.24, 2.45) is 5.73 Å². The molecule has 1 saturated heterocycles. The van der Waals surface area contributed by atoms with Crippen LogP contribution in [0.3, 0.4) is 0 Å². The second kappa shape index (κ2) is 6.32. The summed E-state index contributed by atoms with van der Waals surface area (Å²) >= 11 is 0. The van der Waals surface area contributed by atoms with E-state index in [4.69, 9.17) is 10.5 Å². The van der Waals surface area contributed by atoms with Gasteiger partial charge in [-0.25, -0.2) is 0 Å². The highest BCUT2D eigenvalue weighted by Gasteiger charge is 2.09. The van der Waals surface area contributed by atoms with E-state index in [0.29, 0.717) is 12.6 Å². The van der Waals surface area contributed by atoms with Crippen molar-refractivity contribution in [2.45, 2.75) is 13.0 Å². The van der Waals surface area contributed by atoms with Crippen molar-refractivity contribution in [3.8, 4) is 0 Å². The van der Waals surface area contributed by atoms with E-state index >= 15 is 0 Å². The summed E-state index contributed by atoms with van der Waals surface area (Å²) < 4.78 is 5.27. The Labute approximate surface area is 80.4 Å². The van der Waals surface area contributed by atoms with Crippen molar-refractivity contribution in [2.75, 3.05) is 45.9 Å². The predicted molar refractivity (Wildman–Crippen MR) is 53.8 cm³/mol. The lowest BCUT2D eigenvalue weighted by Crippen LogP contribution is -2.43. The van der Waals surface area contributed by atoms with E-state index in [1.54, 1.807) is 0 Å². The van der Waals surface area contributed by atoms with Gasteiger partial charge in [0.25, 0.3) is 0 Å². The largest absolute Gasteiger partial charge is 0.379 e. The van der Waals surface area contributed by atoms with Crippen LogP contribution in [0.15, 0.2) is 0 Å². The third kappa shape index (κ3) is 4.57. The third-order valence-electron chi connectivity index (χ3n) is 2.38. The normalized spacial score (nSPS) is 21.7. The van der Waals surface area contributed by atoms with E-state index in [9.17, 15) is 0 Å². The monoisotopic (exact) mass is 187 g/mol. The lowest BCUT2D eigenvalue weighted by atomic mass is 10.3. The van der Waals surface area contributed by atoms with Gasteiger partial charge >= 0.3 is 0 Å². The Bertz CT molecular complexity index is 126. The molecule has 78 valence electrons. The average molecular weight is 187 g/mol. The van der Waals surface area contributed by atoms with Crippen LogP contribution in [-0.4, -0.2) is 56.9 Å². The number of nitrogens with one attached hydrogen (secondary N) is 1. The van der Waals surface area contributed by atoms with Gasteiger partial charge in [0, 0.05) is 38.8 Å². The Balaban J connectivity index is 1.98. The number of hydrogen-bond acceptors (Lipinski definition) is 4. The summed E-state index contributed by atoms with van der Waals surface area (Å²) in [5.41, 5.74) is 5.50. The Morgan fingerprint density at radius 3 is 2.77 bits per heavy atom. The number of nitrogens with zero attached hydrogens (tertiary/aromatic N) is 1. The van der Waals surface area contributed by atoms with Crippen LogP contribution in [-0.2, 0) is 4.74 Å². The van der Waals surface area contributed by atoms with Crippen molar-refractivity contribution in [3.63, 3.8) is 0 Å². The zero-order valence-electron chi connectivity index (χ0n) is 8.46. The highest BCUT2D eigenvalue weighted by molar-refractivity contribution is 4.66. The van der Waals surface area contributed by atoms with E-state index in [2.05, 4.69) is 17.1 Å². The van der Waals surface area contributed by atoms with Gasteiger partial charge in [0.1, 0.15) is 0 Å². The molecule has 0 aromatic heterocycles. The van der Waals surface area contributed by atoms with Crippen LogP contribution < -0.4 is 11.1 Å². The fraction of sp³-hybridized carbons (Fsp3) is 1.00. The van der Waals surface area contributed by atoms with E-state index in [-0.39, 0.29) is 0 Å². The molecule has 0 amide bonds. The molecule has 4 heteroatoms. The van der Waals surface area contributed by atoms with Gasteiger partial charge in [-0.15, -0.1) is 0 Å². The molecule has 4 nitrogen and oxygen atoms in total. The minimum atomic E-state index is 0.432. The first-order chi connectivity index (χ1) is 6.33. The number of morpholine rings is 1. The fourth-order valence-corrected chi connectivity index (χ4v) is 1.38. The van der Waals surface area contributed by atoms with Crippen LogP contribution in [0.4, 0.5) is 0 Å². The topological polar surface area (TPSA) is 50.5 Å². The minimum Gasteiger partial charge on any atom is -0.379 e. The van der Waals surface area contributed by atoms with Crippen molar-refractivity contribution < 1.29 is 4.74 Å². The Kier molecular flexibility index (Phi) is 5.31. The van der Waals surface area contributed by atoms with Crippen LogP contribution in [0.1, 0.15) is 6.92 Å². The Morgan fingerprint density at radius 2 is 2.15 bits per heavy atom. The molecule has 13 heavy (non-hydrogen) atoms. The SMILES string of the molecule is CC(CN)NCCN1CCOCC1. The average Bonchev–Trinajstić information content (AvgIpc) is 2.19. The molecule has 1 rings (SSSR count). The molecule has 1 heterocycles. The molecule has 0 saturated carbocycles. The lowest BCUT2D eigenvalue weighted by molar-refractivity contribution is 0.0382. The first-order valence-electron chi connectivity index (χ1n) is 5.06. The molecule has 1 fully saturated rings. The van der Waals surface area contributed by atoms with Gasteiger partial charge in [-0.1, -0.05) is 0 Å². The van der Waals surface area contributed by atoms with E-state index < -0.39 is 0 Å². The van der Waals surface area contributed by atoms with Crippen molar-refractivity contribution in [1.82, 2.24) is 10.2 Å². The Hall–Kier alpha value is -0.160. The summed E-state index contributed by atoms with van der Waals surface area (Å²) in [4.78, 5) is 2.42. The molecule has 0 aromatic carbocycles. The molecule has 3 N–H and O–H groups in total. The number of nitrogens with two attached hydrogens (primary N) is 1. The van der Waals surface area contributed by atoms with Crippen LogP contribution in [0.5, 0.6) is 0 Å². The van der Waals surface area contributed by atoms with E-state index in [0.717, 1.165) is 39.4 Å². The summed E-state index contributed by atoms with van der Waals surface area (Å²) in [6.07, 6.45) is 0. The second-order valence-corrected chi connectivity index (χ2v) is 3.54. The summed E-state index contributed by atoms with van der Waals surface area (Å²) in [5, 5.41) is 3.37.